The second-order valence-electron chi connectivity index (χ2n) is 14.5. The molecule has 4 aliphatic carbocycles. The Morgan fingerprint density at radius 1 is 1.06 bits per heavy atom. The van der Waals surface area contributed by atoms with Crippen molar-refractivity contribution < 1.29 is 20.1 Å². The molecule has 10 atom stereocenters. The number of fused-ring (bicyclic) bond motifs is 5. The number of carbonyl (C=O) groups excluding carboxylic acids is 1. The molecule has 0 spiro atoms. The van der Waals surface area contributed by atoms with Gasteiger partial charge in [0.25, 0.3) is 0 Å². The number of hydrogen-bond donors (Lipinski definition) is 3. The van der Waals surface area contributed by atoms with E-state index in [0.717, 1.165) is 32.1 Å². The van der Waals surface area contributed by atoms with Crippen LogP contribution in [0.3, 0.4) is 0 Å². The highest BCUT2D eigenvalue weighted by molar-refractivity contribution is 5.84. The van der Waals surface area contributed by atoms with Gasteiger partial charge >= 0.3 is 0 Å². The first kappa shape index (κ1) is 26.4. The van der Waals surface area contributed by atoms with E-state index in [1.165, 1.54) is 5.57 Å². The summed E-state index contributed by atoms with van der Waals surface area (Å²) in [7, 11) is 0. The van der Waals surface area contributed by atoms with Crippen molar-refractivity contribution >= 4 is 5.78 Å². The van der Waals surface area contributed by atoms with Gasteiger partial charge in [0, 0.05) is 12.3 Å². The van der Waals surface area contributed by atoms with Gasteiger partial charge < -0.3 is 15.3 Å². The van der Waals surface area contributed by atoms with Crippen molar-refractivity contribution in [3.05, 3.63) is 11.6 Å². The standard InChI is InChI=1S/C30H50O4/c1-18(2)10-9-13-30(8,34)19-11-15-28(6)24(19)20(31)16-22-27(5)14-12-23(33)26(3,4)25(27)21(32)17-29(22,28)7/h10,19,21-25,32-34H,9,11-17H2,1-8H3/t19?,21-,22?,23-,24?,25?,27+,28+,29+,30-/m0/s1. The molecular formula is C30H50O4. The maximum atomic E-state index is 14.0. The maximum Gasteiger partial charge on any atom is 0.137 e. The molecule has 0 amide bonds. The summed E-state index contributed by atoms with van der Waals surface area (Å²) in [4.78, 5) is 14.0. The third kappa shape index (κ3) is 3.52. The lowest BCUT2D eigenvalue weighted by Crippen LogP contribution is -2.69. The highest BCUT2D eigenvalue weighted by Gasteiger charge is 2.73. The fraction of sp³-hybridized carbons (Fsp3) is 0.900. The van der Waals surface area contributed by atoms with Crippen LogP contribution in [0.5, 0.6) is 0 Å². The van der Waals surface area contributed by atoms with E-state index in [1.54, 1.807) is 0 Å². The van der Waals surface area contributed by atoms with E-state index in [0.29, 0.717) is 25.0 Å². The first-order valence-corrected chi connectivity index (χ1v) is 13.8. The zero-order valence-corrected chi connectivity index (χ0v) is 22.9. The van der Waals surface area contributed by atoms with Crippen LogP contribution in [-0.2, 0) is 4.79 Å². The molecule has 0 radical (unpaired) electrons. The number of hydrogen-bond acceptors (Lipinski definition) is 4. The van der Waals surface area contributed by atoms with Crippen LogP contribution in [-0.4, -0.2) is 38.9 Å². The molecule has 4 saturated carbocycles. The molecule has 0 aromatic rings. The van der Waals surface area contributed by atoms with Crippen molar-refractivity contribution in [1.82, 2.24) is 0 Å². The minimum atomic E-state index is -0.871. The summed E-state index contributed by atoms with van der Waals surface area (Å²) in [5, 5.41) is 34.1. The summed E-state index contributed by atoms with van der Waals surface area (Å²) in [5.41, 5.74) is -0.559. The van der Waals surface area contributed by atoms with Gasteiger partial charge in [0.15, 0.2) is 0 Å². The van der Waals surface area contributed by atoms with Crippen LogP contribution in [0.2, 0.25) is 0 Å². The van der Waals surface area contributed by atoms with Gasteiger partial charge in [0.05, 0.1) is 17.8 Å². The van der Waals surface area contributed by atoms with Crippen molar-refractivity contribution in [2.24, 2.45) is 45.3 Å². The Bertz CT molecular complexity index is 854. The van der Waals surface area contributed by atoms with Crippen LogP contribution in [0.25, 0.3) is 0 Å². The molecule has 4 fully saturated rings. The minimum absolute atomic E-state index is 0.0147. The van der Waals surface area contributed by atoms with Crippen LogP contribution < -0.4 is 0 Å². The molecule has 0 heterocycles. The normalized spacial score (nSPS) is 49.4. The molecule has 194 valence electrons. The molecule has 0 aromatic carbocycles. The lowest BCUT2D eigenvalue weighted by molar-refractivity contribution is -0.253. The third-order valence-electron chi connectivity index (χ3n) is 12.0. The van der Waals surface area contributed by atoms with Gasteiger partial charge in [0.2, 0.25) is 0 Å². The summed E-state index contributed by atoms with van der Waals surface area (Å²) < 4.78 is 0. The quantitative estimate of drug-likeness (QED) is 0.458. The van der Waals surface area contributed by atoms with Gasteiger partial charge in [-0.05, 0) is 105 Å². The first-order chi connectivity index (χ1) is 15.5. The summed E-state index contributed by atoms with van der Waals surface area (Å²) in [6, 6.07) is 0. The van der Waals surface area contributed by atoms with Crippen LogP contribution in [0.15, 0.2) is 11.6 Å². The predicted molar refractivity (Wildman–Crippen MR) is 136 cm³/mol. The van der Waals surface area contributed by atoms with Crippen LogP contribution in [0, 0.1) is 45.3 Å². The lowest BCUT2D eigenvalue weighted by atomic mass is 9.34. The first-order valence-electron chi connectivity index (χ1n) is 13.8. The van der Waals surface area contributed by atoms with E-state index in [4.69, 9.17) is 0 Å². The smallest absolute Gasteiger partial charge is 0.137 e. The number of rotatable bonds is 4. The Morgan fingerprint density at radius 3 is 2.32 bits per heavy atom. The highest BCUT2D eigenvalue weighted by atomic mass is 16.3. The Morgan fingerprint density at radius 2 is 1.71 bits per heavy atom. The molecule has 4 unspecified atom stereocenters. The fourth-order valence-corrected chi connectivity index (χ4v) is 10.1. The van der Waals surface area contributed by atoms with Gasteiger partial charge in [-0.15, -0.1) is 0 Å². The molecule has 0 aliphatic heterocycles. The van der Waals surface area contributed by atoms with Gasteiger partial charge in [-0.3, -0.25) is 4.79 Å². The van der Waals surface area contributed by atoms with Crippen molar-refractivity contribution in [1.29, 1.82) is 0 Å². The second-order valence-corrected chi connectivity index (χ2v) is 14.5. The van der Waals surface area contributed by atoms with Crippen molar-refractivity contribution in [3.8, 4) is 0 Å². The molecule has 0 bridgehead atoms. The van der Waals surface area contributed by atoms with Crippen molar-refractivity contribution in [2.75, 3.05) is 0 Å². The monoisotopic (exact) mass is 474 g/mol. The summed E-state index contributed by atoms with van der Waals surface area (Å²) in [6.45, 7) is 17.3. The van der Waals surface area contributed by atoms with E-state index in [-0.39, 0.29) is 45.3 Å². The molecule has 0 aromatic heterocycles. The minimum Gasteiger partial charge on any atom is -0.393 e. The van der Waals surface area contributed by atoms with Gasteiger partial charge in [0.1, 0.15) is 5.78 Å². The Kier molecular flexibility index (Phi) is 6.32. The largest absolute Gasteiger partial charge is 0.393 e. The molecular weight excluding hydrogens is 424 g/mol. The maximum absolute atomic E-state index is 14.0. The molecule has 3 N–H and O–H groups in total. The number of allylic oxidation sites excluding steroid dienone is 2. The number of aliphatic hydroxyl groups excluding tert-OH is 2. The zero-order chi connectivity index (χ0) is 25.5. The summed E-state index contributed by atoms with van der Waals surface area (Å²) >= 11 is 0. The molecule has 0 saturated heterocycles. The Balaban J connectivity index is 1.71. The average molecular weight is 475 g/mol. The molecule has 4 aliphatic rings. The van der Waals surface area contributed by atoms with E-state index >= 15 is 0 Å². The molecule has 34 heavy (non-hydrogen) atoms. The Hall–Kier alpha value is -0.710. The van der Waals surface area contributed by atoms with Crippen molar-refractivity contribution in [2.45, 2.75) is 125 Å². The van der Waals surface area contributed by atoms with E-state index in [2.05, 4.69) is 54.5 Å². The van der Waals surface area contributed by atoms with Crippen LogP contribution >= 0.6 is 0 Å². The van der Waals surface area contributed by atoms with Gasteiger partial charge in [-0.1, -0.05) is 46.3 Å². The number of Topliss-reactive ketones (excluding diaryl/α,β-unsaturated/α-hetero) is 1. The third-order valence-corrected chi connectivity index (χ3v) is 12.0. The highest BCUT2D eigenvalue weighted by Crippen LogP contribution is 2.75. The molecule has 4 rings (SSSR count). The van der Waals surface area contributed by atoms with Gasteiger partial charge in [-0.2, -0.15) is 0 Å². The fourth-order valence-electron chi connectivity index (χ4n) is 10.1. The zero-order valence-electron chi connectivity index (χ0n) is 22.9. The van der Waals surface area contributed by atoms with E-state index in [1.807, 2.05) is 6.92 Å². The SMILES string of the molecule is CC(C)=CCC[C@](C)(O)C1CC[C@]2(C)C1C(=O)CC1[C@@]3(C)CC[C@H](O)C(C)(C)C3[C@@H](O)C[C@]12C. The molecule has 4 heteroatoms. The van der Waals surface area contributed by atoms with E-state index < -0.39 is 17.8 Å². The average Bonchev–Trinajstić information content (AvgIpc) is 3.07. The lowest BCUT2D eigenvalue weighted by Gasteiger charge is -2.70. The summed E-state index contributed by atoms with van der Waals surface area (Å²) in [5.74, 6) is 0.336. The predicted octanol–water partition coefficient (Wildman–Crippen LogP) is 5.68. The number of aliphatic hydroxyl groups is 3. The van der Waals surface area contributed by atoms with Crippen molar-refractivity contribution in [3.63, 3.8) is 0 Å². The topological polar surface area (TPSA) is 77.8 Å². The van der Waals surface area contributed by atoms with Gasteiger partial charge in [-0.25, -0.2) is 0 Å². The van der Waals surface area contributed by atoms with Crippen LogP contribution in [0.1, 0.15) is 107 Å². The Labute approximate surface area is 207 Å². The molecule has 4 nitrogen and oxygen atoms in total. The van der Waals surface area contributed by atoms with E-state index in [9.17, 15) is 20.1 Å². The summed E-state index contributed by atoms with van der Waals surface area (Å²) in [6.07, 6.45) is 7.41. The second kappa shape index (κ2) is 8.15. The number of ketones is 1. The number of carbonyl (C=O) groups is 1. The van der Waals surface area contributed by atoms with Crippen LogP contribution in [0.4, 0.5) is 0 Å².